The van der Waals surface area contributed by atoms with Gasteiger partial charge in [0.1, 0.15) is 5.82 Å². The van der Waals surface area contributed by atoms with Crippen molar-refractivity contribution >= 4 is 6.03 Å². The van der Waals surface area contributed by atoms with Crippen molar-refractivity contribution in [1.82, 2.24) is 15.1 Å². The monoisotopic (exact) mass is 319 g/mol. The van der Waals surface area contributed by atoms with Crippen LogP contribution in [0.25, 0.3) is 0 Å². The molecule has 4 nitrogen and oxygen atoms in total. The molecule has 2 aliphatic rings. The topological polar surface area (TPSA) is 35.6 Å². The van der Waals surface area contributed by atoms with Gasteiger partial charge >= 0.3 is 6.03 Å². The minimum atomic E-state index is -0.252. The number of hydrogen-bond acceptors (Lipinski definition) is 2. The summed E-state index contributed by atoms with van der Waals surface area (Å²) in [6, 6.07) is 6.54. The Kier molecular flexibility index (Phi) is 5.16. The lowest BCUT2D eigenvalue weighted by atomic mass is 10.1. The van der Waals surface area contributed by atoms with Gasteiger partial charge in [-0.05, 0) is 63.4 Å². The molecule has 1 N–H and O–H groups in total. The molecule has 3 rings (SSSR count). The van der Waals surface area contributed by atoms with Crippen LogP contribution >= 0.6 is 0 Å². The number of nitrogens with zero attached hydrogens (tertiary/aromatic N) is 2. The van der Waals surface area contributed by atoms with E-state index < -0.39 is 0 Å². The number of halogens is 1. The summed E-state index contributed by atoms with van der Waals surface area (Å²) >= 11 is 0. The SMILES string of the molecule is C[C@@H](NC(=O)N1CCC[C@H]1CN1CCCC1)c1ccc(F)cc1. The summed E-state index contributed by atoms with van der Waals surface area (Å²) in [5.74, 6) is -0.252. The molecule has 2 saturated heterocycles. The van der Waals surface area contributed by atoms with Crippen LogP contribution in [0.3, 0.4) is 0 Å². The molecular weight excluding hydrogens is 293 g/mol. The van der Waals surface area contributed by atoms with E-state index in [1.807, 2.05) is 11.8 Å². The highest BCUT2D eigenvalue weighted by Gasteiger charge is 2.31. The van der Waals surface area contributed by atoms with Crippen molar-refractivity contribution in [2.24, 2.45) is 0 Å². The van der Waals surface area contributed by atoms with Gasteiger partial charge in [0, 0.05) is 19.1 Å². The van der Waals surface area contributed by atoms with E-state index in [9.17, 15) is 9.18 Å². The van der Waals surface area contributed by atoms with Crippen LogP contribution in [-0.4, -0.2) is 48.1 Å². The Morgan fingerprint density at radius 3 is 2.61 bits per heavy atom. The summed E-state index contributed by atoms with van der Waals surface area (Å²) < 4.78 is 13.0. The molecular formula is C18H26FN3O. The fourth-order valence-corrected chi connectivity index (χ4v) is 3.66. The second-order valence-corrected chi connectivity index (χ2v) is 6.72. The zero-order chi connectivity index (χ0) is 16.2. The fourth-order valence-electron chi connectivity index (χ4n) is 3.66. The maximum absolute atomic E-state index is 13.0. The molecule has 0 aromatic heterocycles. The van der Waals surface area contributed by atoms with Gasteiger partial charge in [0.2, 0.25) is 0 Å². The molecule has 0 bridgehead atoms. The van der Waals surface area contributed by atoms with Gasteiger partial charge in [0.25, 0.3) is 0 Å². The van der Waals surface area contributed by atoms with Gasteiger partial charge in [-0.2, -0.15) is 0 Å². The lowest BCUT2D eigenvalue weighted by molar-refractivity contribution is 0.172. The first-order valence-electron chi connectivity index (χ1n) is 8.68. The highest BCUT2D eigenvalue weighted by atomic mass is 19.1. The average molecular weight is 319 g/mol. The van der Waals surface area contributed by atoms with E-state index in [0.717, 1.165) is 44.6 Å². The zero-order valence-electron chi connectivity index (χ0n) is 13.8. The normalized spacial score (nSPS) is 23.2. The molecule has 126 valence electrons. The van der Waals surface area contributed by atoms with Crippen molar-refractivity contribution in [2.45, 2.75) is 44.7 Å². The van der Waals surface area contributed by atoms with Crippen molar-refractivity contribution in [1.29, 1.82) is 0 Å². The summed E-state index contributed by atoms with van der Waals surface area (Å²) in [7, 11) is 0. The van der Waals surface area contributed by atoms with Gasteiger partial charge < -0.3 is 15.1 Å². The standard InChI is InChI=1S/C18H26FN3O/c1-14(15-6-8-16(19)9-7-15)20-18(23)22-12-4-5-17(22)13-21-10-2-3-11-21/h6-9,14,17H,2-5,10-13H2,1H3,(H,20,23)/t14-,17+/m1/s1. The molecule has 2 amide bonds. The predicted molar refractivity (Wildman–Crippen MR) is 88.7 cm³/mol. The summed E-state index contributed by atoms with van der Waals surface area (Å²) in [6.45, 7) is 6.10. The van der Waals surface area contributed by atoms with Gasteiger partial charge in [-0.25, -0.2) is 9.18 Å². The van der Waals surface area contributed by atoms with Crippen LogP contribution in [0.2, 0.25) is 0 Å². The van der Waals surface area contributed by atoms with Crippen LogP contribution in [0.1, 0.15) is 44.2 Å². The first kappa shape index (κ1) is 16.2. The van der Waals surface area contributed by atoms with Gasteiger partial charge in [-0.1, -0.05) is 12.1 Å². The quantitative estimate of drug-likeness (QED) is 0.925. The molecule has 2 fully saturated rings. The maximum Gasteiger partial charge on any atom is 0.318 e. The third kappa shape index (κ3) is 4.02. The van der Waals surface area contributed by atoms with Crippen molar-refractivity contribution in [3.05, 3.63) is 35.6 Å². The Labute approximate surface area is 137 Å². The Bertz CT molecular complexity index is 528. The lowest BCUT2D eigenvalue weighted by Gasteiger charge is -2.29. The smallest absolute Gasteiger partial charge is 0.318 e. The van der Waals surface area contributed by atoms with Crippen LogP contribution in [0.15, 0.2) is 24.3 Å². The lowest BCUT2D eigenvalue weighted by Crippen LogP contribution is -2.47. The largest absolute Gasteiger partial charge is 0.331 e. The number of amides is 2. The Morgan fingerprint density at radius 2 is 1.91 bits per heavy atom. The average Bonchev–Trinajstić information content (AvgIpc) is 3.20. The number of carbonyl (C=O) groups is 1. The highest BCUT2D eigenvalue weighted by molar-refractivity contribution is 5.75. The molecule has 1 aromatic carbocycles. The van der Waals surface area contributed by atoms with E-state index in [-0.39, 0.29) is 17.9 Å². The molecule has 23 heavy (non-hydrogen) atoms. The van der Waals surface area contributed by atoms with Crippen LogP contribution in [0, 0.1) is 5.82 Å². The van der Waals surface area contributed by atoms with Crippen LogP contribution in [0.4, 0.5) is 9.18 Å². The molecule has 5 heteroatoms. The summed E-state index contributed by atoms with van der Waals surface area (Å²) in [5, 5.41) is 3.06. The van der Waals surface area contributed by atoms with Crippen LogP contribution in [0.5, 0.6) is 0 Å². The van der Waals surface area contributed by atoms with Gasteiger partial charge in [0.05, 0.1) is 6.04 Å². The molecule has 0 aliphatic carbocycles. The van der Waals surface area contributed by atoms with E-state index in [0.29, 0.717) is 6.04 Å². The van der Waals surface area contributed by atoms with E-state index in [1.165, 1.54) is 25.0 Å². The Balaban J connectivity index is 1.56. The van der Waals surface area contributed by atoms with E-state index in [2.05, 4.69) is 10.2 Å². The first-order chi connectivity index (χ1) is 11.1. The molecule has 0 unspecified atom stereocenters. The molecule has 0 spiro atoms. The number of carbonyl (C=O) groups excluding carboxylic acids is 1. The Morgan fingerprint density at radius 1 is 1.22 bits per heavy atom. The van der Waals surface area contributed by atoms with Crippen LogP contribution in [-0.2, 0) is 0 Å². The first-order valence-corrected chi connectivity index (χ1v) is 8.68. The van der Waals surface area contributed by atoms with Crippen LogP contribution < -0.4 is 5.32 Å². The van der Waals surface area contributed by atoms with Crippen molar-refractivity contribution in [3.63, 3.8) is 0 Å². The van der Waals surface area contributed by atoms with Crippen molar-refractivity contribution in [2.75, 3.05) is 26.2 Å². The molecule has 2 heterocycles. The summed E-state index contributed by atoms with van der Waals surface area (Å²) in [4.78, 5) is 17.1. The second-order valence-electron chi connectivity index (χ2n) is 6.72. The number of nitrogens with one attached hydrogen (secondary N) is 1. The molecule has 0 radical (unpaired) electrons. The maximum atomic E-state index is 13.0. The minimum absolute atomic E-state index is 0.00326. The van der Waals surface area contributed by atoms with E-state index in [4.69, 9.17) is 0 Å². The third-order valence-electron chi connectivity index (χ3n) is 5.02. The number of likely N-dealkylation sites (tertiary alicyclic amines) is 2. The minimum Gasteiger partial charge on any atom is -0.331 e. The molecule has 1 aromatic rings. The summed E-state index contributed by atoms with van der Waals surface area (Å²) in [5.41, 5.74) is 0.926. The van der Waals surface area contributed by atoms with Crippen molar-refractivity contribution in [3.8, 4) is 0 Å². The molecule has 2 aliphatic heterocycles. The number of urea groups is 1. The van der Waals surface area contributed by atoms with E-state index in [1.54, 1.807) is 12.1 Å². The van der Waals surface area contributed by atoms with Gasteiger partial charge in [0.15, 0.2) is 0 Å². The highest BCUT2D eigenvalue weighted by Crippen LogP contribution is 2.21. The van der Waals surface area contributed by atoms with Gasteiger partial charge in [-0.3, -0.25) is 0 Å². The predicted octanol–water partition coefficient (Wildman–Crippen LogP) is 3.16. The number of benzene rings is 1. The third-order valence-corrected chi connectivity index (χ3v) is 5.02. The fraction of sp³-hybridized carbons (Fsp3) is 0.611. The number of rotatable bonds is 4. The Hall–Kier alpha value is -1.62. The molecule has 2 atom stereocenters. The summed E-state index contributed by atoms with van der Waals surface area (Å²) in [6.07, 6.45) is 4.73. The number of hydrogen-bond donors (Lipinski definition) is 1. The second kappa shape index (κ2) is 7.30. The van der Waals surface area contributed by atoms with E-state index >= 15 is 0 Å². The van der Waals surface area contributed by atoms with Crippen molar-refractivity contribution < 1.29 is 9.18 Å². The molecule has 0 saturated carbocycles. The zero-order valence-corrected chi connectivity index (χ0v) is 13.8. The van der Waals surface area contributed by atoms with Gasteiger partial charge in [-0.15, -0.1) is 0 Å².